The fourth-order valence-corrected chi connectivity index (χ4v) is 6.76. The summed E-state index contributed by atoms with van der Waals surface area (Å²) in [6.07, 6.45) is -1.01. The third-order valence-corrected chi connectivity index (χ3v) is 9.24. The maximum Gasteiger partial charge on any atom is 0.261 e. The number of amides is 1. The molecule has 3 N–H and O–H groups in total. The Kier molecular flexibility index (Phi) is 8.16. The lowest BCUT2D eigenvalue weighted by molar-refractivity contribution is -0.142. The molecule has 0 unspecified atom stereocenters. The smallest absolute Gasteiger partial charge is 0.261 e. The summed E-state index contributed by atoms with van der Waals surface area (Å²) in [6, 6.07) is 27.6. The molecule has 2 aliphatic rings. The van der Waals surface area contributed by atoms with Crippen molar-refractivity contribution in [3.8, 4) is 16.9 Å². The van der Waals surface area contributed by atoms with Gasteiger partial charge in [-0.1, -0.05) is 54.6 Å². The minimum Gasteiger partial charge on any atom is -0.487 e. The average molecular weight is 603 g/mol. The van der Waals surface area contributed by atoms with Gasteiger partial charge in [-0.3, -0.25) is 9.52 Å². The first-order valence-electron chi connectivity index (χ1n) is 14.1. The summed E-state index contributed by atoms with van der Waals surface area (Å²) in [5.74, 6) is -0.337. The molecule has 2 heterocycles. The number of carbonyl (C=O) groups excluding carboxylic acids is 1. The van der Waals surface area contributed by atoms with Crippen LogP contribution >= 0.6 is 0 Å². The number of nitrogens with one attached hydrogen (secondary N) is 2. The highest BCUT2D eigenvalue weighted by Crippen LogP contribution is 2.47. The van der Waals surface area contributed by atoms with Crippen LogP contribution < -0.4 is 14.8 Å². The van der Waals surface area contributed by atoms with E-state index >= 15 is 0 Å². The highest BCUT2D eigenvalue weighted by Gasteiger charge is 2.46. The molecule has 0 radical (unpaired) electrons. The van der Waals surface area contributed by atoms with Crippen molar-refractivity contribution in [1.29, 1.82) is 0 Å². The summed E-state index contributed by atoms with van der Waals surface area (Å²) < 4.78 is 53.7. The van der Waals surface area contributed by atoms with Crippen molar-refractivity contribution in [2.24, 2.45) is 0 Å². The van der Waals surface area contributed by atoms with Crippen molar-refractivity contribution in [2.75, 3.05) is 11.3 Å². The summed E-state index contributed by atoms with van der Waals surface area (Å²) in [4.78, 5) is 12.8. The van der Waals surface area contributed by atoms with Crippen molar-refractivity contribution in [3.05, 3.63) is 114 Å². The molecule has 0 bridgehead atoms. The number of anilines is 1. The van der Waals surface area contributed by atoms with Crippen molar-refractivity contribution in [3.63, 3.8) is 0 Å². The van der Waals surface area contributed by atoms with Crippen LogP contribution in [0, 0.1) is 5.82 Å². The number of aliphatic hydroxyl groups is 1. The zero-order chi connectivity index (χ0) is 30.0. The molecule has 0 aromatic heterocycles. The predicted molar refractivity (Wildman–Crippen MR) is 160 cm³/mol. The van der Waals surface area contributed by atoms with E-state index in [-0.39, 0.29) is 29.7 Å². The first-order chi connectivity index (χ1) is 20.8. The van der Waals surface area contributed by atoms with Crippen LogP contribution in [0.1, 0.15) is 29.9 Å². The van der Waals surface area contributed by atoms with Crippen molar-refractivity contribution in [1.82, 2.24) is 5.32 Å². The molecule has 8 nitrogen and oxygen atoms in total. The van der Waals surface area contributed by atoms with Crippen molar-refractivity contribution < 1.29 is 32.2 Å². The van der Waals surface area contributed by atoms with Gasteiger partial charge in [-0.15, -0.1) is 0 Å². The van der Waals surface area contributed by atoms with Gasteiger partial charge in [0.25, 0.3) is 10.0 Å². The van der Waals surface area contributed by atoms with E-state index in [1.807, 2.05) is 54.6 Å². The van der Waals surface area contributed by atoms with Gasteiger partial charge in [0.2, 0.25) is 5.91 Å². The Morgan fingerprint density at radius 3 is 2.37 bits per heavy atom. The van der Waals surface area contributed by atoms with Gasteiger partial charge in [0.15, 0.2) is 0 Å². The molecule has 10 heteroatoms. The molecule has 1 saturated heterocycles. The first kappa shape index (κ1) is 28.9. The summed E-state index contributed by atoms with van der Waals surface area (Å²) in [6.45, 7) is 0.0880. The van der Waals surface area contributed by atoms with Crippen LogP contribution in [0.2, 0.25) is 0 Å². The number of hydrogen-bond acceptors (Lipinski definition) is 6. The van der Waals surface area contributed by atoms with Crippen LogP contribution in [0.5, 0.6) is 5.75 Å². The molecule has 2 aliphatic heterocycles. The van der Waals surface area contributed by atoms with Gasteiger partial charge >= 0.3 is 0 Å². The SMILES string of the molecule is O=C(C[C@H]1C[C@@H]2c3cc(NS(=O)(=O)c4ccc(F)cc4)ccc3O[C@@H]2[C@@H](CO)O1)NCc1ccc(-c2ccccc2)cc1. The second-order valence-corrected chi connectivity index (χ2v) is 12.4. The van der Waals surface area contributed by atoms with Crippen LogP contribution in [-0.4, -0.2) is 44.4 Å². The highest BCUT2D eigenvalue weighted by molar-refractivity contribution is 7.92. The molecule has 1 fully saturated rings. The largest absolute Gasteiger partial charge is 0.487 e. The third-order valence-electron chi connectivity index (χ3n) is 7.84. The summed E-state index contributed by atoms with van der Waals surface area (Å²) >= 11 is 0. The lowest BCUT2D eigenvalue weighted by Crippen LogP contribution is -2.47. The van der Waals surface area contributed by atoms with E-state index in [1.54, 1.807) is 18.2 Å². The van der Waals surface area contributed by atoms with E-state index in [0.717, 1.165) is 34.4 Å². The summed E-state index contributed by atoms with van der Waals surface area (Å²) in [5, 5.41) is 13.0. The molecule has 0 aliphatic carbocycles. The molecular formula is C33H31FN2O6S. The van der Waals surface area contributed by atoms with Crippen LogP contribution in [0.4, 0.5) is 10.1 Å². The van der Waals surface area contributed by atoms with Gasteiger partial charge in [-0.25, -0.2) is 12.8 Å². The lowest BCUT2D eigenvalue weighted by atomic mass is 9.84. The van der Waals surface area contributed by atoms with Gasteiger partial charge in [0.1, 0.15) is 23.8 Å². The fourth-order valence-electron chi connectivity index (χ4n) is 5.71. The zero-order valence-electron chi connectivity index (χ0n) is 23.2. The number of sulfonamides is 1. The molecule has 222 valence electrons. The van der Waals surface area contributed by atoms with Crippen molar-refractivity contribution >= 4 is 21.6 Å². The van der Waals surface area contributed by atoms with Crippen LogP contribution in [0.15, 0.2) is 102 Å². The minimum atomic E-state index is -3.94. The number of benzene rings is 4. The molecule has 4 atom stereocenters. The number of ether oxygens (including phenoxy) is 2. The van der Waals surface area contributed by atoms with Gasteiger partial charge in [0, 0.05) is 23.7 Å². The van der Waals surface area contributed by atoms with E-state index in [4.69, 9.17) is 9.47 Å². The normalized spacial score (nSPS) is 20.9. The number of fused-ring (bicyclic) bond motifs is 3. The average Bonchev–Trinajstić information content (AvgIpc) is 3.38. The Hall–Kier alpha value is -4.25. The number of halogens is 1. The molecule has 4 aromatic carbocycles. The molecule has 0 saturated carbocycles. The predicted octanol–water partition coefficient (Wildman–Crippen LogP) is 4.99. The Bertz CT molecular complexity index is 1700. The van der Waals surface area contributed by atoms with Crippen LogP contribution in [0.25, 0.3) is 11.1 Å². The standard InChI is InChI=1S/C33H31FN2O6S/c34-24-10-13-27(14-11-24)43(39,40)36-25-12-15-30-28(16-25)29-17-26(41-31(20-37)33(29)42-30)18-32(38)35-19-21-6-8-23(9-7-21)22-4-2-1-3-5-22/h1-16,26,29,31,33,36-37H,17-20H2,(H,35,38)/t26-,29-,31-,33+/m1/s1. The van der Waals surface area contributed by atoms with E-state index in [2.05, 4.69) is 10.0 Å². The van der Waals surface area contributed by atoms with Gasteiger partial charge in [-0.05, 0) is 65.6 Å². The molecule has 0 spiro atoms. The van der Waals surface area contributed by atoms with Gasteiger partial charge < -0.3 is 19.9 Å². The Balaban J connectivity index is 1.10. The molecular weight excluding hydrogens is 571 g/mol. The number of hydrogen-bond donors (Lipinski definition) is 3. The molecule has 6 rings (SSSR count). The zero-order valence-corrected chi connectivity index (χ0v) is 24.0. The monoisotopic (exact) mass is 602 g/mol. The highest BCUT2D eigenvalue weighted by atomic mass is 32.2. The Morgan fingerprint density at radius 2 is 1.65 bits per heavy atom. The molecule has 43 heavy (non-hydrogen) atoms. The van der Waals surface area contributed by atoms with Crippen LogP contribution in [0.3, 0.4) is 0 Å². The number of rotatable bonds is 9. The van der Waals surface area contributed by atoms with Crippen LogP contribution in [-0.2, 0) is 26.1 Å². The Labute approximate surface area is 249 Å². The maximum atomic E-state index is 13.3. The summed E-state index contributed by atoms with van der Waals surface area (Å²) in [7, 11) is -3.94. The topological polar surface area (TPSA) is 114 Å². The fraction of sp³-hybridized carbons (Fsp3) is 0.242. The van der Waals surface area contributed by atoms with E-state index in [0.29, 0.717) is 24.4 Å². The number of aliphatic hydroxyl groups excluding tert-OH is 1. The summed E-state index contributed by atoms with van der Waals surface area (Å²) in [5.41, 5.74) is 4.29. The van der Waals surface area contributed by atoms with Gasteiger partial charge in [-0.2, -0.15) is 0 Å². The molecule has 4 aromatic rings. The van der Waals surface area contributed by atoms with E-state index in [1.165, 1.54) is 12.1 Å². The Morgan fingerprint density at radius 1 is 0.930 bits per heavy atom. The number of carbonyl (C=O) groups is 1. The minimum absolute atomic E-state index is 0.0619. The lowest BCUT2D eigenvalue weighted by Gasteiger charge is -2.37. The van der Waals surface area contributed by atoms with Gasteiger partial charge in [0.05, 0.1) is 24.0 Å². The molecule has 1 amide bonds. The van der Waals surface area contributed by atoms with Crippen molar-refractivity contribution in [2.45, 2.75) is 48.5 Å². The first-order valence-corrected chi connectivity index (χ1v) is 15.5. The second kappa shape index (κ2) is 12.2. The quantitative estimate of drug-likeness (QED) is 0.249. The maximum absolute atomic E-state index is 13.3. The third kappa shape index (κ3) is 6.41. The van der Waals surface area contributed by atoms with E-state index in [9.17, 15) is 22.7 Å². The van der Waals surface area contributed by atoms with E-state index < -0.39 is 34.2 Å². The second-order valence-electron chi connectivity index (χ2n) is 10.8.